The largest absolute Gasteiger partial charge is 0.481 e. The van der Waals surface area contributed by atoms with Gasteiger partial charge in [0.15, 0.2) is 12.4 Å². The highest BCUT2D eigenvalue weighted by Gasteiger charge is 2.25. The summed E-state index contributed by atoms with van der Waals surface area (Å²) in [5.74, 6) is -0.722. The van der Waals surface area contributed by atoms with Crippen molar-refractivity contribution in [3.8, 4) is 11.4 Å². The maximum atomic E-state index is 14.5. The Balaban J connectivity index is 1.96. The molecule has 3 aromatic rings. The molecule has 0 saturated heterocycles. The van der Waals surface area contributed by atoms with E-state index in [1.54, 1.807) is 31.3 Å². The fourth-order valence-corrected chi connectivity index (χ4v) is 2.59. The quantitative estimate of drug-likeness (QED) is 0.673. The first-order valence-corrected chi connectivity index (χ1v) is 7.14. The molecule has 0 saturated carbocycles. The molecule has 1 amide bonds. The highest BCUT2D eigenvalue weighted by atomic mass is 19.1. The Labute approximate surface area is 134 Å². The van der Waals surface area contributed by atoms with Crippen molar-refractivity contribution in [1.82, 2.24) is 15.0 Å². The zero-order valence-corrected chi connectivity index (χ0v) is 12.6. The molecule has 0 bridgehead atoms. The summed E-state index contributed by atoms with van der Waals surface area (Å²) in [4.78, 5) is 25.7. The lowest BCUT2D eigenvalue weighted by molar-refractivity contribution is -0.121. The molecule has 8 heteroatoms. The van der Waals surface area contributed by atoms with E-state index < -0.39 is 11.4 Å². The van der Waals surface area contributed by atoms with Gasteiger partial charge in [-0.25, -0.2) is 4.39 Å². The maximum absolute atomic E-state index is 14.5. The zero-order chi connectivity index (χ0) is 16.8. The first kappa shape index (κ1) is 14.3. The number of rotatable bonds is 1. The van der Waals surface area contributed by atoms with E-state index >= 15 is 0 Å². The predicted octanol–water partition coefficient (Wildman–Crippen LogP) is 1.27. The van der Waals surface area contributed by atoms with Gasteiger partial charge in [-0.15, -0.1) is 5.10 Å². The van der Waals surface area contributed by atoms with Crippen LogP contribution >= 0.6 is 0 Å². The van der Waals surface area contributed by atoms with Crippen LogP contribution in [0.15, 0.2) is 41.2 Å². The van der Waals surface area contributed by atoms with E-state index in [0.29, 0.717) is 16.6 Å². The van der Waals surface area contributed by atoms with Crippen LogP contribution < -0.4 is 15.2 Å². The first-order chi connectivity index (χ1) is 11.6. The van der Waals surface area contributed by atoms with E-state index in [0.717, 1.165) is 10.7 Å². The lowest BCUT2D eigenvalue weighted by Gasteiger charge is -2.26. The summed E-state index contributed by atoms with van der Waals surface area (Å²) in [6.45, 7) is -0.155. The number of hydrogen-bond donors (Lipinski definition) is 0. The van der Waals surface area contributed by atoms with Gasteiger partial charge in [0, 0.05) is 13.1 Å². The van der Waals surface area contributed by atoms with E-state index in [4.69, 9.17) is 4.74 Å². The van der Waals surface area contributed by atoms with Crippen molar-refractivity contribution in [3.63, 3.8) is 0 Å². The van der Waals surface area contributed by atoms with Crippen molar-refractivity contribution in [2.45, 2.75) is 0 Å². The van der Waals surface area contributed by atoms with Gasteiger partial charge in [-0.1, -0.05) is 17.3 Å². The van der Waals surface area contributed by atoms with Gasteiger partial charge in [-0.2, -0.15) is 4.68 Å². The zero-order valence-electron chi connectivity index (χ0n) is 12.6. The van der Waals surface area contributed by atoms with Crippen LogP contribution in [0, 0.1) is 5.82 Å². The molecule has 0 aliphatic carbocycles. The summed E-state index contributed by atoms with van der Waals surface area (Å²) in [6.07, 6.45) is 0. The number of ether oxygens (including phenoxy) is 1. The van der Waals surface area contributed by atoms with Gasteiger partial charge in [0.1, 0.15) is 17.0 Å². The lowest BCUT2D eigenvalue weighted by atomic mass is 10.2. The average molecular weight is 326 g/mol. The Hall–Kier alpha value is -3.29. The molecule has 1 aliphatic heterocycles. The fourth-order valence-electron chi connectivity index (χ4n) is 2.59. The molecular weight excluding hydrogens is 315 g/mol. The number of anilines is 1. The molecular formula is C16H11FN4O3. The molecule has 0 spiro atoms. The van der Waals surface area contributed by atoms with Crippen molar-refractivity contribution in [3.05, 3.63) is 52.6 Å². The Morgan fingerprint density at radius 2 is 1.96 bits per heavy atom. The van der Waals surface area contributed by atoms with E-state index in [2.05, 4.69) is 10.3 Å². The van der Waals surface area contributed by atoms with E-state index in [9.17, 15) is 14.0 Å². The molecule has 1 aliphatic rings. The summed E-state index contributed by atoms with van der Waals surface area (Å²) in [5.41, 5.74) is 0.199. The van der Waals surface area contributed by atoms with Crippen LogP contribution in [0.5, 0.6) is 5.75 Å². The summed E-state index contributed by atoms with van der Waals surface area (Å²) in [6, 6.07) is 9.16. The molecule has 2 heterocycles. The highest BCUT2D eigenvalue weighted by Crippen LogP contribution is 2.34. The van der Waals surface area contributed by atoms with Gasteiger partial charge in [-0.05, 0) is 18.2 Å². The molecule has 0 radical (unpaired) electrons. The maximum Gasteiger partial charge on any atom is 0.282 e. The SMILES string of the molecule is CN1C(=O)COc2cc(F)c(-n3nnc4ccccc4c3=O)cc21. The van der Waals surface area contributed by atoms with Crippen molar-refractivity contribution in [2.75, 3.05) is 18.6 Å². The number of hydrogen-bond acceptors (Lipinski definition) is 5. The van der Waals surface area contributed by atoms with Crippen LogP contribution in [-0.4, -0.2) is 34.6 Å². The monoisotopic (exact) mass is 326 g/mol. The van der Waals surface area contributed by atoms with Gasteiger partial charge in [0.25, 0.3) is 11.5 Å². The Morgan fingerprint density at radius 3 is 2.79 bits per heavy atom. The molecule has 7 nitrogen and oxygen atoms in total. The minimum absolute atomic E-state index is 0.0952. The number of likely N-dealkylation sites (N-methyl/N-ethyl adjacent to an activating group) is 1. The molecule has 0 N–H and O–H groups in total. The molecule has 120 valence electrons. The summed E-state index contributed by atoms with van der Waals surface area (Å²) in [7, 11) is 1.56. The minimum atomic E-state index is -0.691. The molecule has 24 heavy (non-hydrogen) atoms. The van der Waals surface area contributed by atoms with Crippen molar-refractivity contribution in [1.29, 1.82) is 0 Å². The van der Waals surface area contributed by atoms with Crippen molar-refractivity contribution in [2.24, 2.45) is 0 Å². The second kappa shape index (κ2) is 5.12. The smallest absolute Gasteiger partial charge is 0.282 e. The van der Waals surface area contributed by atoms with Crippen LogP contribution in [0.2, 0.25) is 0 Å². The molecule has 2 aromatic carbocycles. The van der Waals surface area contributed by atoms with Gasteiger partial charge in [0.2, 0.25) is 0 Å². The normalized spacial score (nSPS) is 13.8. The Bertz CT molecular complexity index is 1050. The van der Waals surface area contributed by atoms with Crippen molar-refractivity contribution >= 4 is 22.5 Å². The van der Waals surface area contributed by atoms with Crippen molar-refractivity contribution < 1.29 is 13.9 Å². The Morgan fingerprint density at radius 1 is 1.17 bits per heavy atom. The number of carbonyl (C=O) groups excluding carboxylic acids is 1. The standard InChI is InChI=1S/C16H11FN4O3/c1-20-13-7-12(10(17)6-14(13)24-8-15(20)22)21-16(23)9-4-2-3-5-11(9)18-19-21/h2-7H,8H2,1H3. The second-order valence-electron chi connectivity index (χ2n) is 5.34. The third kappa shape index (κ3) is 2.03. The second-order valence-corrected chi connectivity index (χ2v) is 5.34. The van der Waals surface area contributed by atoms with Crippen LogP contribution in [0.1, 0.15) is 0 Å². The number of fused-ring (bicyclic) bond motifs is 2. The molecule has 4 rings (SSSR count). The number of nitrogens with zero attached hydrogens (tertiary/aromatic N) is 4. The van der Waals surface area contributed by atoms with E-state index in [1.165, 1.54) is 11.0 Å². The summed E-state index contributed by atoms with van der Waals surface area (Å²) >= 11 is 0. The number of halogens is 1. The highest BCUT2D eigenvalue weighted by molar-refractivity contribution is 5.97. The van der Waals surface area contributed by atoms with Gasteiger partial charge < -0.3 is 9.64 Å². The van der Waals surface area contributed by atoms with E-state index in [-0.39, 0.29) is 24.0 Å². The number of carbonyl (C=O) groups is 1. The average Bonchev–Trinajstić information content (AvgIpc) is 2.59. The number of amides is 1. The number of benzene rings is 2. The number of aromatic nitrogens is 3. The summed E-state index contributed by atoms with van der Waals surface area (Å²) < 4.78 is 20.6. The first-order valence-electron chi connectivity index (χ1n) is 7.14. The Kier molecular flexibility index (Phi) is 3.05. The molecule has 0 atom stereocenters. The van der Waals surface area contributed by atoms with Gasteiger partial charge >= 0.3 is 0 Å². The topological polar surface area (TPSA) is 77.3 Å². The molecule has 1 aromatic heterocycles. The van der Waals surface area contributed by atoms with Crippen LogP contribution in [0.25, 0.3) is 16.6 Å². The fraction of sp³-hybridized carbons (Fsp3) is 0.125. The predicted molar refractivity (Wildman–Crippen MR) is 84.0 cm³/mol. The third-order valence-corrected chi connectivity index (χ3v) is 3.91. The molecule has 0 fully saturated rings. The van der Waals surface area contributed by atoms with Crippen LogP contribution in [-0.2, 0) is 4.79 Å². The third-order valence-electron chi connectivity index (χ3n) is 3.91. The van der Waals surface area contributed by atoms with E-state index in [1.807, 2.05) is 0 Å². The lowest BCUT2D eigenvalue weighted by Crippen LogP contribution is -2.36. The van der Waals surface area contributed by atoms with Crippen LogP contribution in [0.4, 0.5) is 10.1 Å². The van der Waals surface area contributed by atoms with Gasteiger partial charge in [0.05, 0.1) is 11.1 Å². The van der Waals surface area contributed by atoms with Crippen LogP contribution in [0.3, 0.4) is 0 Å². The summed E-state index contributed by atoms with van der Waals surface area (Å²) in [5, 5.41) is 8.06. The minimum Gasteiger partial charge on any atom is -0.481 e. The van der Waals surface area contributed by atoms with Gasteiger partial charge in [-0.3, -0.25) is 9.59 Å². The molecule has 0 unspecified atom stereocenters.